The van der Waals surface area contributed by atoms with Gasteiger partial charge in [0, 0.05) is 7.05 Å². The Kier molecular flexibility index (Phi) is 4.88. The Balaban J connectivity index is 2.28. The van der Waals surface area contributed by atoms with Gasteiger partial charge in [-0.05, 0) is 18.6 Å². The van der Waals surface area contributed by atoms with E-state index in [0.29, 0.717) is 23.9 Å². The number of nitrogens with zero attached hydrogens (tertiary/aromatic N) is 4. The number of para-hydroxylation sites is 1. The Morgan fingerprint density at radius 2 is 1.95 bits per heavy atom. The highest BCUT2D eigenvalue weighted by atomic mass is 16.5. The van der Waals surface area contributed by atoms with E-state index in [9.17, 15) is 0 Å². The number of ether oxygens (including phenoxy) is 2. The molecule has 7 nitrogen and oxygen atoms in total. The van der Waals surface area contributed by atoms with Crippen molar-refractivity contribution < 1.29 is 9.47 Å². The van der Waals surface area contributed by atoms with Crippen molar-refractivity contribution in [1.29, 1.82) is 5.26 Å². The number of hydrogen-bond donors (Lipinski definition) is 1. The van der Waals surface area contributed by atoms with E-state index in [1.807, 2.05) is 6.92 Å². The van der Waals surface area contributed by atoms with E-state index >= 15 is 0 Å². The Bertz CT molecular complexity index is 654. The number of hydrogen-bond acceptors (Lipinski definition) is 7. The Hall–Kier alpha value is -2.88. The molecule has 0 atom stereocenters. The third-order valence-corrected chi connectivity index (χ3v) is 2.46. The first-order chi connectivity index (χ1) is 10.3. The second-order valence-electron chi connectivity index (χ2n) is 4.03. The van der Waals surface area contributed by atoms with Crippen LogP contribution in [0.5, 0.6) is 17.8 Å². The fourth-order valence-electron chi connectivity index (χ4n) is 1.50. The minimum atomic E-state index is 0.0724. The summed E-state index contributed by atoms with van der Waals surface area (Å²) in [7, 11) is 1.69. The summed E-state index contributed by atoms with van der Waals surface area (Å²) in [6, 6.07) is 9.16. The summed E-state index contributed by atoms with van der Waals surface area (Å²) >= 11 is 0. The lowest BCUT2D eigenvalue weighted by Gasteiger charge is -2.08. The quantitative estimate of drug-likeness (QED) is 0.870. The molecular weight excluding hydrogens is 270 g/mol. The van der Waals surface area contributed by atoms with Crippen LogP contribution in [-0.4, -0.2) is 28.6 Å². The molecule has 0 amide bonds. The largest absolute Gasteiger partial charge is 0.463 e. The van der Waals surface area contributed by atoms with E-state index in [1.54, 1.807) is 31.3 Å². The summed E-state index contributed by atoms with van der Waals surface area (Å²) in [5, 5.41) is 11.9. The molecule has 0 saturated carbocycles. The van der Waals surface area contributed by atoms with Gasteiger partial charge in [0.05, 0.1) is 12.2 Å². The molecule has 2 rings (SSSR count). The molecule has 0 radical (unpaired) electrons. The first-order valence-electron chi connectivity index (χ1n) is 6.50. The first kappa shape index (κ1) is 14.5. The molecule has 1 N–H and O–H groups in total. The molecule has 0 saturated heterocycles. The standard InChI is InChI=1S/C14H15N5O2/c1-3-8-20-13-17-12(16-2)18-14(19-13)21-11-7-5-4-6-10(11)9-15/h4-7H,3,8H2,1-2H3,(H,16,17,18,19). The van der Waals surface area contributed by atoms with Gasteiger partial charge >= 0.3 is 12.0 Å². The van der Waals surface area contributed by atoms with Gasteiger partial charge < -0.3 is 14.8 Å². The van der Waals surface area contributed by atoms with Crippen LogP contribution in [0.2, 0.25) is 0 Å². The molecule has 0 bridgehead atoms. The number of benzene rings is 1. The Labute approximate surface area is 122 Å². The number of anilines is 1. The van der Waals surface area contributed by atoms with Crippen molar-refractivity contribution in [3.63, 3.8) is 0 Å². The fraction of sp³-hybridized carbons (Fsp3) is 0.286. The van der Waals surface area contributed by atoms with E-state index in [1.165, 1.54) is 0 Å². The monoisotopic (exact) mass is 285 g/mol. The van der Waals surface area contributed by atoms with Crippen molar-refractivity contribution in [1.82, 2.24) is 15.0 Å². The molecule has 1 aromatic heterocycles. The van der Waals surface area contributed by atoms with Gasteiger partial charge in [0.15, 0.2) is 0 Å². The zero-order chi connectivity index (χ0) is 15.1. The van der Waals surface area contributed by atoms with Crippen molar-refractivity contribution in [3.8, 4) is 23.8 Å². The van der Waals surface area contributed by atoms with E-state index in [-0.39, 0.29) is 12.0 Å². The van der Waals surface area contributed by atoms with Crippen LogP contribution in [-0.2, 0) is 0 Å². The minimum Gasteiger partial charge on any atom is -0.463 e. The smallest absolute Gasteiger partial charge is 0.330 e. The van der Waals surface area contributed by atoms with Crippen LogP contribution in [0.1, 0.15) is 18.9 Å². The predicted octanol–water partition coefficient (Wildman–Crippen LogP) is 2.37. The SMILES string of the molecule is CCCOc1nc(NC)nc(Oc2ccccc2C#N)n1. The van der Waals surface area contributed by atoms with Crippen molar-refractivity contribution >= 4 is 5.95 Å². The lowest BCUT2D eigenvalue weighted by atomic mass is 10.2. The van der Waals surface area contributed by atoms with Crippen LogP contribution in [0, 0.1) is 11.3 Å². The van der Waals surface area contributed by atoms with Gasteiger partial charge in [-0.1, -0.05) is 19.1 Å². The van der Waals surface area contributed by atoms with Crippen LogP contribution in [0.25, 0.3) is 0 Å². The molecule has 0 unspecified atom stereocenters. The maximum absolute atomic E-state index is 9.05. The summed E-state index contributed by atoms with van der Waals surface area (Å²) in [6.07, 6.45) is 0.841. The molecule has 1 heterocycles. The van der Waals surface area contributed by atoms with Crippen LogP contribution >= 0.6 is 0 Å². The average molecular weight is 285 g/mol. The normalized spacial score (nSPS) is 9.76. The molecule has 21 heavy (non-hydrogen) atoms. The molecular formula is C14H15N5O2. The second kappa shape index (κ2) is 7.05. The molecule has 0 aliphatic heterocycles. The highest BCUT2D eigenvalue weighted by molar-refractivity contribution is 5.44. The third-order valence-electron chi connectivity index (χ3n) is 2.46. The molecule has 0 fully saturated rings. The Morgan fingerprint density at radius 1 is 1.19 bits per heavy atom. The summed E-state index contributed by atoms with van der Waals surface area (Å²) in [5.41, 5.74) is 0.403. The Morgan fingerprint density at radius 3 is 2.67 bits per heavy atom. The second-order valence-corrected chi connectivity index (χ2v) is 4.03. The average Bonchev–Trinajstić information content (AvgIpc) is 2.53. The predicted molar refractivity (Wildman–Crippen MR) is 76.4 cm³/mol. The van der Waals surface area contributed by atoms with E-state index in [2.05, 4.69) is 26.3 Å². The van der Waals surface area contributed by atoms with Crippen LogP contribution in [0.15, 0.2) is 24.3 Å². The van der Waals surface area contributed by atoms with Gasteiger partial charge in [-0.2, -0.15) is 15.2 Å². The van der Waals surface area contributed by atoms with Crippen LogP contribution in [0.3, 0.4) is 0 Å². The van der Waals surface area contributed by atoms with Crippen molar-refractivity contribution in [2.24, 2.45) is 0 Å². The van der Waals surface area contributed by atoms with Crippen molar-refractivity contribution in [2.75, 3.05) is 19.0 Å². The summed E-state index contributed by atoms with van der Waals surface area (Å²) in [5.74, 6) is 0.718. The van der Waals surface area contributed by atoms with E-state index in [0.717, 1.165) is 6.42 Å². The molecule has 7 heteroatoms. The molecule has 0 aliphatic rings. The van der Waals surface area contributed by atoms with Gasteiger partial charge in [-0.15, -0.1) is 4.98 Å². The number of aromatic nitrogens is 3. The van der Waals surface area contributed by atoms with E-state index < -0.39 is 0 Å². The van der Waals surface area contributed by atoms with Gasteiger partial charge in [0.1, 0.15) is 11.8 Å². The molecule has 0 spiro atoms. The topological polar surface area (TPSA) is 93.0 Å². The van der Waals surface area contributed by atoms with Gasteiger partial charge in [0.2, 0.25) is 5.95 Å². The number of rotatable bonds is 6. The molecule has 2 aromatic rings. The highest BCUT2D eigenvalue weighted by Gasteiger charge is 2.10. The maximum Gasteiger partial charge on any atom is 0.330 e. The number of nitriles is 1. The van der Waals surface area contributed by atoms with Crippen LogP contribution < -0.4 is 14.8 Å². The highest BCUT2D eigenvalue weighted by Crippen LogP contribution is 2.23. The summed E-state index contributed by atoms with van der Waals surface area (Å²) in [6.45, 7) is 2.49. The van der Waals surface area contributed by atoms with Gasteiger partial charge in [0.25, 0.3) is 0 Å². The molecule has 0 aliphatic carbocycles. The van der Waals surface area contributed by atoms with E-state index in [4.69, 9.17) is 14.7 Å². The molecule has 1 aromatic carbocycles. The molecule has 108 valence electrons. The van der Waals surface area contributed by atoms with Crippen LogP contribution in [0.4, 0.5) is 5.95 Å². The number of nitrogens with one attached hydrogen (secondary N) is 1. The fourth-order valence-corrected chi connectivity index (χ4v) is 1.50. The minimum absolute atomic E-state index is 0.0724. The van der Waals surface area contributed by atoms with Crippen molar-refractivity contribution in [3.05, 3.63) is 29.8 Å². The summed E-state index contributed by atoms with van der Waals surface area (Å²) in [4.78, 5) is 12.2. The zero-order valence-corrected chi connectivity index (χ0v) is 11.8. The lowest BCUT2D eigenvalue weighted by Crippen LogP contribution is -2.06. The summed E-state index contributed by atoms with van der Waals surface area (Å²) < 4.78 is 10.9. The van der Waals surface area contributed by atoms with Gasteiger partial charge in [-0.3, -0.25) is 0 Å². The third kappa shape index (κ3) is 3.79. The van der Waals surface area contributed by atoms with Crippen molar-refractivity contribution in [2.45, 2.75) is 13.3 Å². The zero-order valence-electron chi connectivity index (χ0n) is 11.8. The maximum atomic E-state index is 9.05. The first-order valence-corrected chi connectivity index (χ1v) is 6.50. The lowest BCUT2D eigenvalue weighted by molar-refractivity contribution is 0.285. The van der Waals surface area contributed by atoms with Gasteiger partial charge in [-0.25, -0.2) is 0 Å².